The number of aromatic hydroxyl groups is 2. The lowest BCUT2D eigenvalue weighted by atomic mass is 10.1. The number of aliphatic hydroxyl groups excluding tert-OH is 1. The third-order valence-electron chi connectivity index (χ3n) is 6.65. The molecule has 9 N–H and O–H groups in total. The van der Waals surface area contributed by atoms with Gasteiger partial charge in [-0.25, -0.2) is 4.79 Å². The number of amides is 4. The minimum absolute atomic E-state index is 0.0243. The summed E-state index contributed by atoms with van der Waals surface area (Å²) in [7, 11) is 0. The molecular weight excluding hydrogens is 578 g/mol. The lowest BCUT2D eigenvalue weighted by molar-refractivity contribution is -0.142. The highest BCUT2D eigenvalue weighted by atomic mass is 32.2. The number of carbonyl (C=O) groups excluding carboxylic acids is 5. The average Bonchev–Trinajstić information content (AvgIpc) is 3.30. The first-order chi connectivity index (χ1) is 19.7. The Balaban J connectivity index is 1.93. The number of hydrogen-bond acceptors (Lipinski definition) is 12. The molecule has 42 heavy (non-hydrogen) atoms. The van der Waals surface area contributed by atoms with E-state index in [9.17, 15) is 49.2 Å². The first-order valence-electron chi connectivity index (χ1n) is 12.9. The fourth-order valence-electron chi connectivity index (χ4n) is 4.36. The minimum atomic E-state index is -1.65. The number of rotatable bonds is 6. The summed E-state index contributed by atoms with van der Waals surface area (Å²) in [5.74, 6) is -6.88. The van der Waals surface area contributed by atoms with Gasteiger partial charge in [0.05, 0.1) is 17.7 Å². The topological polar surface area (TPSA) is 258 Å². The molecule has 0 aromatic heterocycles. The van der Waals surface area contributed by atoms with Crippen LogP contribution in [0.25, 0.3) is 0 Å². The third kappa shape index (κ3) is 7.59. The van der Waals surface area contributed by atoms with Crippen LogP contribution in [0.15, 0.2) is 12.1 Å². The molecule has 2 heterocycles. The summed E-state index contributed by atoms with van der Waals surface area (Å²) < 4.78 is 5.24. The molecule has 1 aromatic carbocycles. The smallest absolute Gasteiger partial charge is 0.338 e. The quantitative estimate of drug-likeness (QED) is 0.153. The highest BCUT2D eigenvalue weighted by Gasteiger charge is 2.43. The summed E-state index contributed by atoms with van der Waals surface area (Å²) in [6, 6.07) is -4.63. The van der Waals surface area contributed by atoms with E-state index in [1.807, 2.05) is 0 Å². The number of carboxylic acids is 1. The van der Waals surface area contributed by atoms with Gasteiger partial charge in [-0.2, -0.15) is 11.8 Å². The fraction of sp³-hybridized carbons (Fsp3) is 0.520. The van der Waals surface area contributed by atoms with E-state index in [0.29, 0.717) is 0 Å². The molecule has 0 unspecified atom stereocenters. The van der Waals surface area contributed by atoms with Crippen LogP contribution in [-0.2, 0) is 34.5 Å². The number of nitrogens with one attached hydrogen (secondary N) is 3. The lowest BCUT2D eigenvalue weighted by Gasteiger charge is -2.29. The van der Waals surface area contributed by atoms with Crippen molar-refractivity contribution in [2.45, 2.75) is 62.3 Å². The highest BCUT2D eigenvalue weighted by Crippen LogP contribution is 2.31. The van der Waals surface area contributed by atoms with Crippen molar-refractivity contribution in [2.75, 3.05) is 18.9 Å². The van der Waals surface area contributed by atoms with Crippen LogP contribution in [0.5, 0.6) is 11.5 Å². The number of aliphatic carboxylic acids is 1. The van der Waals surface area contributed by atoms with E-state index in [1.165, 1.54) is 13.8 Å². The molecule has 6 atom stereocenters. The SMILES string of the molecule is C[C@H](N)C(=O)N1CC[C@@H](O)[C@H]1C(=O)N[C@H]1COC(=O)c2cc(O)cc(O)c2CSC[C@H](C(=O)N[C@@H](C)C(=O)O)NC1=O. The molecular formula is C25H33N5O11S. The van der Waals surface area contributed by atoms with Crippen molar-refractivity contribution in [1.29, 1.82) is 0 Å². The molecule has 16 nitrogen and oxygen atoms in total. The maximum absolute atomic E-state index is 13.3. The van der Waals surface area contributed by atoms with E-state index in [2.05, 4.69) is 16.0 Å². The first kappa shape index (κ1) is 32.4. The Labute approximate surface area is 243 Å². The van der Waals surface area contributed by atoms with Gasteiger partial charge >= 0.3 is 11.9 Å². The number of nitrogens with zero attached hydrogens (tertiary/aromatic N) is 1. The van der Waals surface area contributed by atoms with Gasteiger partial charge in [-0.05, 0) is 26.3 Å². The largest absolute Gasteiger partial charge is 0.508 e. The van der Waals surface area contributed by atoms with Gasteiger partial charge in [0, 0.05) is 29.7 Å². The summed E-state index contributed by atoms with van der Waals surface area (Å²) in [5.41, 5.74) is 5.49. The number of fused-ring (bicyclic) bond motifs is 1. The molecule has 0 spiro atoms. The zero-order chi connectivity index (χ0) is 31.3. The Morgan fingerprint density at radius 1 is 1.17 bits per heavy atom. The number of likely N-dealkylation sites (tertiary alicyclic amines) is 1. The number of carboxylic acid groups (broad SMARTS) is 1. The van der Waals surface area contributed by atoms with Crippen LogP contribution in [0.3, 0.4) is 0 Å². The molecule has 4 amide bonds. The Morgan fingerprint density at radius 2 is 1.86 bits per heavy atom. The number of cyclic esters (lactones) is 1. The number of aliphatic hydroxyl groups is 1. The molecule has 0 bridgehead atoms. The highest BCUT2D eigenvalue weighted by molar-refractivity contribution is 7.98. The van der Waals surface area contributed by atoms with Gasteiger partial charge in [-0.15, -0.1) is 0 Å². The predicted molar refractivity (Wildman–Crippen MR) is 145 cm³/mol. The lowest BCUT2D eigenvalue weighted by Crippen LogP contribution is -2.60. The Morgan fingerprint density at radius 3 is 2.50 bits per heavy atom. The van der Waals surface area contributed by atoms with Gasteiger partial charge in [0.15, 0.2) is 0 Å². The Kier molecular flexibility index (Phi) is 10.6. The van der Waals surface area contributed by atoms with E-state index in [1.54, 1.807) is 0 Å². The first-order valence-corrected chi connectivity index (χ1v) is 14.0. The van der Waals surface area contributed by atoms with Gasteiger partial charge in [0.1, 0.15) is 42.3 Å². The molecule has 2 aliphatic heterocycles. The van der Waals surface area contributed by atoms with Gasteiger partial charge in [0.2, 0.25) is 23.6 Å². The number of esters is 1. The Hall–Kier alpha value is -4.09. The van der Waals surface area contributed by atoms with E-state index in [-0.39, 0.29) is 35.6 Å². The molecule has 0 aliphatic carbocycles. The number of phenols is 2. The second-order valence-corrected chi connectivity index (χ2v) is 10.9. The molecule has 0 saturated carbocycles. The van der Waals surface area contributed by atoms with Crippen molar-refractivity contribution in [3.8, 4) is 11.5 Å². The Bertz CT molecular complexity index is 1260. The fourth-order valence-corrected chi connectivity index (χ4v) is 5.46. The van der Waals surface area contributed by atoms with Crippen LogP contribution >= 0.6 is 11.8 Å². The van der Waals surface area contributed by atoms with Crippen LogP contribution in [0.4, 0.5) is 0 Å². The van der Waals surface area contributed by atoms with Crippen LogP contribution < -0.4 is 21.7 Å². The predicted octanol–water partition coefficient (Wildman–Crippen LogP) is -2.63. The number of hydrogen-bond donors (Lipinski definition) is 8. The molecule has 1 aromatic rings. The number of nitrogens with two attached hydrogens (primary N) is 1. The number of carbonyl (C=O) groups is 6. The minimum Gasteiger partial charge on any atom is -0.508 e. The van der Waals surface area contributed by atoms with Gasteiger partial charge < -0.3 is 51.7 Å². The average molecular weight is 612 g/mol. The second kappa shape index (κ2) is 13.7. The van der Waals surface area contributed by atoms with Gasteiger partial charge in [-0.1, -0.05) is 0 Å². The van der Waals surface area contributed by atoms with Crippen LogP contribution in [0.1, 0.15) is 36.2 Å². The molecule has 0 radical (unpaired) electrons. The third-order valence-corrected chi connectivity index (χ3v) is 7.71. The van der Waals surface area contributed by atoms with E-state index in [0.717, 1.165) is 28.8 Å². The molecule has 230 valence electrons. The van der Waals surface area contributed by atoms with Crippen molar-refractivity contribution >= 4 is 47.3 Å². The number of benzene rings is 1. The summed E-state index contributed by atoms with van der Waals surface area (Å²) in [6.07, 6.45) is -1.22. The van der Waals surface area contributed by atoms with Gasteiger partial charge in [0.25, 0.3) is 0 Å². The summed E-state index contributed by atoms with van der Waals surface area (Å²) >= 11 is 1.000. The number of phenolic OH excluding ortho intramolecular Hbond substituents is 2. The molecule has 17 heteroatoms. The van der Waals surface area contributed by atoms with Crippen molar-refractivity contribution in [3.05, 3.63) is 23.3 Å². The molecule has 1 fully saturated rings. The molecule has 3 rings (SSSR count). The van der Waals surface area contributed by atoms with Crippen molar-refractivity contribution in [2.24, 2.45) is 5.73 Å². The van der Waals surface area contributed by atoms with E-state index < -0.39 is 90.0 Å². The van der Waals surface area contributed by atoms with Crippen LogP contribution in [-0.4, -0.2) is 116 Å². The summed E-state index contributed by atoms with van der Waals surface area (Å²) in [5, 5.41) is 46.9. The maximum Gasteiger partial charge on any atom is 0.338 e. The van der Waals surface area contributed by atoms with Crippen LogP contribution in [0, 0.1) is 0 Å². The standard InChI is InChI=1S/C25H33N5O11S/c1-10(26)23(37)30-4-3-17(32)19(30)22(36)28-15-7-41-25(40)13-5-12(31)6-18(33)14(13)8-42-9-16(29-20(15)34)21(35)27-11(2)24(38)39/h5-6,10-11,15-17,19,31-33H,3-4,7-9,26H2,1-2H3,(H,27,35)(H,28,36)(H,29,34)(H,38,39)/t10-,11-,15-,16+,17+,19-/m0/s1. The maximum atomic E-state index is 13.3. The normalized spacial score (nSPS) is 24.5. The summed E-state index contributed by atoms with van der Waals surface area (Å²) in [6.45, 7) is 1.86. The number of ether oxygens (including phenoxy) is 1. The zero-order valence-corrected chi connectivity index (χ0v) is 23.6. The summed E-state index contributed by atoms with van der Waals surface area (Å²) in [4.78, 5) is 77.2. The molecule has 1 saturated heterocycles. The molecule has 2 aliphatic rings. The zero-order valence-electron chi connectivity index (χ0n) is 22.7. The van der Waals surface area contributed by atoms with E-state index >= 15 is 0 Å². The van der Waals surface area contributed by atoms with E-state index in [4.69, 9.17) is 10.5 Å². The van der Waals surface area contributed by atoms with Gasteiger partial charge in [-0.3, -0.25) is 24.0 Å². The van der Waals surface area contributed by atoms with Crippen molar-refractivity contribution < 1.29 is 53.9 Å². The second-order valence-electron chi connectivity index (χ2n) is 9.92. The van der Waals surface area contributed by atoms with Crippen molar-refractivity contribution in [1.82, 2.24) is 20.9 Å². The monoisotopic (exact) mass is 611 g/mol. The van der Waals surface area contributed by atoms with Crippen molar-refractivity contribution in [3.63, 3.8) is 0 Å². The van der Waals surface area contributed by atoms with Crippen LogP contribution in [0.2, 0.25) is 0 Å². The number of thioether (sulfide) groups is 1.